The van der Waals surface area contributed by atoms with Crippen LogP contribution in [0, 0.1) is 0 Å². The molecule has 0 aliphatic heterocycles. The minimum Gasteiger partial charge on any atom is -0.478 e. The van der Waals surface area contributed by atoms with E-state index in [2.05, 4.69) is 0 Å². The summed E-state index contributed by atoms with van der Waals surface area (Å²) in [6, 6.07) is 28.5. The van der Waals surface area contributed by atoms with Crippen molar-refractivity contribution in [3.05, 3.63) is 140 Å². The van der Waals surface area contributed by atoms with E-state index in [1.165, 1.54) is 0 Å². The van der Waals surface area contributed by atoms with Gasteiger partial charge in [0.1, 0.15) is 0 Å². The molecule has 0 spiro atoms. The lowest BCUT2D eigenvalue weighted by atomic mass is 10.1. The summed E-state index contributed by atoms with van der Waals surface area (Å²) < 4.78 is 0. The second-order valence-corrected chi connectivity index (χ2v) is 8.43. The summed E-state index contributed by atoms with van der Waals surface area (Å²) in [5.41, 5.74) is 3.89. The molecular formula is C30H22Cl2O4. The molecule has 0 atom stereocenters. The van der Waals surface area contributed by atoms with Crippen molar-refractivity contribution in [2.75, 3.05) is 0 Å². The number of rotatable bonds is 6. The van der Waals surface area contributed by atoms with Gasteiger partial charge in [-0.05, 0) is 58.7 Å². The first-order valence-electron chi connectivity index (χ1n) is 10.9. The number of aromatic carboxylic acids is 2. The van der Waals surface area contributed by atoms with Gasteiger partial charge < -0.3 is 10.2 Å². The zero-order chi connectivity index (χ0) is 25.9. The highest BCUT2D eigenvalue weighted by atomic mass is 35.5. The molecule has 0 unspecified atom stereocenters. The van der Waals surface area contributed by atoms with E-state index in [9.17, 15) is 9.59 Å². The molecule has 0 bridgehead atoms. The van der Waals surface area contributed by atoms with Crippen LogP contribution in [0.4, 0.5) is 0 Å². The highest BCUT2D eigenvalue weighted by Crippen LogP contribution is 2.16. The number of hydrogen-bond acceptors (Lipinski definition) is 2. The Morgan fingerprint density at radius 3 is 1.17 bits per heavy atom. The SMILES string of the molecule is O=C(O)c1ccccc1/C=C/c1ccc(Cl)cc1.O=C(O)c1ccccc1/C=C/c1ccc(Cl)cc1. The van der Waals surface area contributed by atoms with Crippen LogP contribution in [0.1, 0.15) is 43.0 Å². The molecule has 4 aromatic rings. The minimum absolute atomic E-state index is 0.294. The summed E-state index contributed by atoms with van der Waals surface area (Å²) in [6.45, 7) is 0. The van der Waals surface area contributed by atoms with Crippen molar-refractivity contribution in [1.82, 2.24) is 0 Å². The number of benzene rings is 4. The van der Waals surface area contributed by atoms with Gasteiger partial charge in [0.15, 0.2) is 0 Å². The van der Waals surface area contributed by atoms with Gasteiger partial charge in [-0.15, -0.1) is 0 Å². The second kappa shape index (κ2) is 13.1. The number of halogens is 2. The molecule has 0 heterocycles. The van der Waals surface area contributed by atoms with E-state index in [-0.39, 0.29) is 0 Å². The predicted molar refractivity (Wildman–Crippen MR) is 148 cm³/mol. The highest BCUT2D eigenvalue weighted by Gasteiger charge is 2.06. The van der Waals surface area contributed by atoms with E-state index < -0.39 is 11.9 Å². The van der Waals surface area contributed by atoms with Crippen LogP contribution in [-0.2, 0) is 0 Å². The smallest absolute Gasteiger partial charge is 0.336 e. The zero-order valence-electron chi connectivity index (χ0n) is 19.0. The van der Waals surface area contributed by atoms with Gasteiger partial charge in [0, 0.05) is 10.0 Å². The Morgan fingerprint density at radius 2 is 0.833 bits per heavy atom. The fourth-order valence-corrected chi connectivity index (χ4v) is 3.45. The number of carboxylic acids is 2. The molecule has 0 saturated heterocycles. The van der Waals surface area contributed by atoms with Crippen molar-refractivity contribution in [2.45, 2.75) is 0 Å². The lowest BCUT2D eigenvalue weighted by molar-refractivity contribution is 0.0686. The third kappa shape index (κ3) is 7.98. The summed E-state index contributed by atoms with van der Waals surface area (Å²) in [7, 11) is 0. The molecule has 0 aromatic heterocycles. The van der Waals surface area contributed by atoms with Gasteiger partial charge in [-0.3, -0.25) is 0 Å². The van der Waals surface area contributed by atoms with Crippen molar-refractivity contribution < 1.29 is 19.8 Å². The minimum atomic E-state index is -0.925. The molecule has 180 valence electrons. The Hall–Kier alpha value is -4.12. The average Bonchev–Trinajstić information content (AvgIpc) is 2.88. The molecule has 0 aliphatic rings. The molecule has 4 rings (SSSR count). The topological polar surface area (TPSA) is 74.6 Å². The molecule has 2 N–H and O–H groups in total. The predicted octanol–water partition coefficient (Wildman–Crippen LogP) is 8.42. The maximum atomic E-state index is 11.0. The van der Waals surface area contributed by atoms with Gasteiger partial charge in [-0.25, -0.2) is 9.59 Å². The van der Waals surface area contributed by atoms with Crippen molar-refractivity contribution in [3.8, 4) is 0 Å². The molecule has 36 heavy (non-hydrogen) atoms. The Bertz CT molecular complexity index is 1280. The van der Waals surface area contributed by atoms with Gasteiger partial charge in [-0.2, -0.15) is 0 Å². The van der Waals surface area contributed by atoms with E-state index in [1.54, 1.807) is 72.8 Å². The summed E-state index contributed by atoms with van der Waals surface area (Å²) >= 11 is 11.6. The molecule has 0 radical (unpaired) electrons. The molecule has 0 saturated carbocycles. The van der Waals surface area contributed by atoms with Gasteiger partial charge in [-0.1, -0.05) is 108 Å². The van der Waals surface area contributed by atoms with Crippen LogP contribution in [-0.4, -0.2) is 22.2 Å². The standard InChI is InChI=1S/2C15H11ClO2/c2*16-13-9-6-11(7-10-13)5-8-12-3-1-2-4-14(12)15(17)18/h2*1-10H,(H,17,18)/b2*8-5+. The Kier molecular flexibility index (Phi) is 9.64. The highest BCUT2D eigenvalue weighted by molar-refractivity contribution is 6.30. The number of carboxylic acid groups (broad SMARTS) is 2. The van der Waals surface area contributed by atoms with Gasteiger partial charge in [0.25, 0.3) is 0 Å². The van der Waals surface area contributed by atoms with Crippen molar-refractivity contribution >= 4 is 59.4 Å². The average molecular weight is 517 g/mol. The van der Waals surface area contributed by atoms with Crippen LogP contribution in [0.15, 0.2) is 97.1 Å². The maximum Gasteiger partial charge on any atom is 0.336 e. The Morgan fingerprint density at radius 1 is 0.500 bits per heavy atom. The Labute approximate surface area is 219 Å². The normalized spacial score (nSPS) is 10.7. The first-order chi connectivity index (χ1) is 17.3. The molecular weight excluding hydrogens is 495 g/mol. The lowest BCUT2D eigenvalue weighted by Crippen LogP contribution is -1.98. The quantitative estimate of drug-likeness (QED) is 0.252. The third-order valence-corrected chi connectivity index (χ3v) is 5.54. The largest absolute Gasteiger partial charge is 0.478 e. The fourth-order valence-electron chi connectivity index (χ4n) is 3.19. The maximum absolute atomic E-state index is 11.0. The van der Waals surface area contributed by atoms with Crippen molar-refractivity contribution in [2.24, 2.45) is 0 Å². The van der Waals surface area contributed by atoms with Crippen LogP contribution in [0.25, 0.3) is 24.3 Å². The summed E-state index contributed by atoms with van der Waals surface area (Å²) in [5.74, 6) is -1.85. The lowest BCUT2D eigenvalue weighted by Gasteiger charge is -2.00. The summed E-state index contributed by atoms with van der Waals surface area (Å²) in [6.07, 6.45) is 7.29. The van der Waals surface area contributed by atoms with Crippen molar-refractivity contribution in [3.63, 3.8) is 0 Å². The van der Waals surface area contributed by atoms with Gasteiger partial charge in [0.2, 0.25) is 0 Å². The molecule has 4 aromatic carbocycles. The molecule has 0 aliphatic carbocycles. The first-order valence-corrected chi connectivity index (χ1v) is 11.6. The summed E-state index contributed by atoms with van der Waals surface area (Å²) in [4.78, 5) is 22.1. The van der Waals surface area contributed by atoms with E-state index >= 15 is 0 Å². The zero-order valence-corrected chi connectivity index (χ0v) is 20.5. The van der Waals surface area contributed by atoms with E-state index in [0.717, 1.165) is 11.1 Å². The van der Waals surface area contributed by atoms with Gasteiger partial charge in [0.05, 0.1) is 11.1 Å². The third-order valence-electron chi connectivity index (χ3n) is 5.03. The van der Waals surface area contributed by atoms with Crippen LogP contribution >= 0.6 is 23.2 Å². The molecule has 0 fully saturated rings. The van der Waals surface area contributed by atoms with Crippen LogP contribution in [0.2, 0.25) is 10.0 Å². The fraction of sp³-hybridized carbons (Fsp3) is 0. The van der Waals surface area contributed by atoms with Crippen LogP contribution < -0.4 is 0 Å². The molecule has 6 heteroatoms. The Balaban J connectivity index is 0.000000201. The second-order valence-electron chi connectivity index (χ2n) is 7.55. The van der Waals surface area contributed by atoms with Crippen LogP contribution in [0.5, 0.6) is 0 Å². The van der Waals surface area contributed by atoms with Crippen molar-refractivity contribution in [1.29, 1.82) is 0 Å². The van der Waals surface area contributed by atoms with E-state index in [4.69, 9.17) is 33.4 Å². The van der Waals surface area contributed by atoms with Crippen LogP contribution in [0.3, 0.4) is 0 Å². The van der Waals surface area contributed by atoms with E-state index in [0.29, 0.717) is 32.3 Å². The van der Waals surface area contributed by atoms with Gasteiger partial charge >= 0.3 is 11.9 Å². The number of carbonyl (C=O) groups is 2. The molecule has 0 amide bonds. The monoisotopic (exact) mass is 516 g/mol. The summed E-state index contributed by atoms with van der Waals surface area (Å²) in [5, 5.41) is 19.5. The number of hydrogen-bond donors (Lipinski definition) is 2. The van der Waals surface area contributed by atoms with E-state index in [1.807, 2.05) is 48.6 Å². The molecule has 4 nitrogen and oxygen atoms in total. The first kappa shape index (κ1) is 26.5.